The molecule has 2 N–H and O–H groups in total. The predicted octanol–water partition coefficient (Wildman–Crippen LogP) is 4.33. The van der Waals surface area contributed by atoms with Gasteiger partial charge in [-0.3, -0.25) is 4.90 Å². The lowest BCUT2D eigenvalue weighted by Gasteiger charge is -2.42. The van der Waals surface area contributed by atoms with E-state index in [-0.39, 0.29) is 0 Å². The van der Waals surface area contributed by atoms with Crippen molar-refractivity contribution in [2.75, 3.05) is 13.1 Å². The molecular formula is C18H36N2. The first-order valence-corrected chi connectivity index (χ1v) is 9.31. The molecule has 2 aliphatic rings. The molecule has 0 amide bonds. The highest BCUT2D eigenvalue weighted by molar-refractivity contribution is 4.85. The molecule has 0 spiro atoms. The Kier molecular flexibility index (Phi) is 7.37. The summed E-state index contributed by atoms with van der Waals surface area (Å²) in [5.74, 6) is 0.986. The van der Waals surface area contributed by atoms with Crippen LogP contribution in [0.2, 0.25) is 0 Å². The first-order valence-electron chi connectivity index (χ1n) is 9.31. The third-order valence-corrected chi connectivity index (χ3v) is 5.72. The third-order valence-electron chi connectivity index (χ3n) is 5.72. The molecule has 2 nitrogen and oxygen atoms in total. The van der Waals surface area contributed by atoms with Gasteiger partial charge in [0.2, 0.25) is 0 Å². The van der Waals surface area contributed by atoms with Crippen molar-refractivity contribution in [3.05, 3.63) is 0 Å². The van der Waals surface area contributed by atoms with Gasteiger partial charge >= 0.3 is 0 Å². The molecule has 2 heteroatoms. The average molecular weight is 280 g/mol. The van der Waals surface area contributed by atoms with E-state index in [2.05, 4.69) is 11.8 Å². The van der Waals surface area contributed by atoms with Gasteiger partial charge in [-0.1, -0.05) is 51.9 Å². The molecule has 0 aromatic carbocycles. The van der Waals surface area contributed by atoms with Crippen LogP contribution in [0.3, 0.4) is 0 Å². The molecule has 0 heterocycles. The Balaban J connectivity index is 1.97. The summed E-state index contributed by atoms with van der Waals surface area (Å²) in [7, 11) is 0. The van der Waals surface area contributed by atoms with Gasteiger partial charge < -0.3 is 5.73 Å². The second-order valence-corrected chi connectivity index (χ2v) is 7.12. The quantitative estimate of drug-likeness (QED) is 0.734. The van der Waals surface area contributed by atoms with Crippen LogP contribution in [0.5, 0.6) is 0 Å². The monoisotopic (exact) mass is 280 g/mol. The van der Waals surface area contributed by atoms with Gasteiger partial charge in [0.15, 0.2) is 0 Å². The largest absolute Gasteiger partial charge is 0.330 e. The van der Waals surface area contributed by atoms with Crippen molar-refractivity contribution in [2.45, 2.75) is 96.1 Å². The maximum Gasteiger partial charge on any atom is 0.0101 e. The lowest BCUT2D eigenvalue weighted by atomic mass is 9.82. The van der Waals surface area contributed by atoms with Gasteiger partial charge in [-0.2, -0.15) is 0 Å². The Labute approximate surface area is 126 Å². The second-order valence-electron chi connectivity index (χ2n) is 7.12. The Hall–Kier alpha value is -0.0800. The summed E-state index contributed by atoms with van der Waals surface area (Å²) >= 11 is 0. The van der Waals surface area contributed by atoms with E-state index in [0.29, 0.717) is 0 Å². The zero-order valence-corrected chi connectivity index (χ0v) is 13.7. The van der Waals surface area contributed by atoms with Gasteiger partial charge in [-0.25, -0.2) is 0 Å². The minimum Gasteiger partial charge on any atom is -0.330 e. The standard InChI is InChI=1S/C18H36N2/c1-2-16-9-7-12-18(15-16)20(14-8-13-19)17-10-5-3-4-6-11-17/h16-18H,2-15,19H2,1H3. The average Bonchev–Trinajstić information content (AvgIpc) is 2.77. The van der Waals surface area contributed by atoms with Crippen LogP contribution in [0.15, 0.2) is 0 Å². The molecule has 20 heavy (non-hydrogen) atoms. The molecule has 2 atom stereocenters. The van der Waals surface area contributed by atoms with Crippen LogP contribution in [0.25, 0.3) is 0 Å². The van der Waals surface area contributed by atoms with Gasteiger partial charge in [-0.15, -0.1) is 0 Å². The van der Waals surface area contributed by atoms with E-state index in [1.807, 2.05) is 0 Å². The van der Waals surface area contributed by atoms with Crippen molar-refractivity contribution >= 4 is 0 Å². The summed E-state index contributed by atoms with van der Waals surface area (Å²) in [4.78, 5) is 2.90. The lowest BCUT2D eigenvalue weighted by molar-refractivity contribution is 0.0755. The molecule has 118 valence electrons. The lowest BCUT2D eigenvalue weighted by Crippen LogP contribution is -2.46. The normalized spacial score (nSPS) is 29.6. The summed E-state index contributed by atoms with van der Waals surface area (Å²) in [5, 5.41) is 0. The van der Waals surface area contributed by atoms with Gasteiger partial charge in [-0.05, 0) is 51.1 Å². The van der Waals surface area contributed by atoms with E-state index in [4.69, 9.17) is 5.73 Å². The van der Waals surface area contributed by atoms with E-state index < -0.39 is 0 Å². The maximum absolute atomic E-state index is 5.79. The maximum atomic E-state index is 5.79. The molecule has 0 bridgehead atoms. The molecular weight excluding hydrogens is 244 g/mol. The van der Waals surface area contributed by atoms with Gasteiger partial charge in [0.05, 0.1) is 0 Å². The fraction of sp³-hybridized carbons (Fsp3) is 1.00. The predicted molar refractivity (Wildman–Crippen MR) is 87.9 cm³/mol. The smallest absolute Gasteiger partial charge is 0.0101 e. The molecule has 0 radical (unpaired) electrons. The van der Waals surface area contributed by atoms with E-state index in [9.17, 15) is 0 Å². The van der Waals surface area contributed by atoms with Crippen LogP contribution >= 0.6 is 0 Å². The first-order chi connectivity index (χ1) is 9.85. The molecule has 2 unspecified atom stereocenters. The zero-order chi connectivity index (χ0) is 14.2. The molecule has 2 rings (SSSR count). The van der Waals surface area contributed by atoms with Crippen LogP contribution in [0.1, 0.15) is 84.0 Å². The molecule has 0 aliphatic heterocycles. The van der Waals surface area contributed by atoms with Crippen molar-refractivity contribution in [1.82, 2.24) is 4.90 Å². The minimum atomic E-state index is 0.854. The third kappa shape index (κ3) is 4.73. The Morgan fingerprint density at radius 2 is 1.60 bits per heavy atom. The molecule has 0 saturated heterocycles. The highest BCUT2D eigenvalue weighted by Gasteiger charge is 2.30. The number of hydrogen-bond acceptors (Lipinski definition) is 2. The molecule has 2 saturated carbocycles. The van der Waals surface area contributed by atoms with Crippen LogP contribution in [0.4, 0.5) is 0 Å². The van der Waals surface area contributed by atoms with Crippen molar-refractivity contribution in [3.8, 4) is 0 Å². The zero-order valence-electron chi connectivity index (χ0n) is 13.7. The van der Waals surface area contributed by atoms with Gasteiger partial charge in [0, 0.05) is 12.1 Å². The van der Waals surface area contributed by atoms with Crippen LogP contribution in [-0.2, 0) is 0 Å². The summed E-state index contributed by atoms with van der Waals surface area (Å²) in [6.45, 7) is 4.48. The van der Waals surface area contributed by atoms with Gasteiger partial charge in [0.25, 0.3) is 0 Å². The Bertz CT molecular complexity index is 246. The second kappa shape index (κ2) is 9.04. The van der Waals surface area contributed by atoms with Crippen LogP contribution in [0, 0.1) is 5.92 Å². The van der Waals surface area contributed by atoms with Gasteiger partial charge in [0.1, 0.15) is 0 Å². The molecule has 0 aromatic heterocycles. The minimum absolute atomic E-state index is 0.854. The molecule has 2 fully saturated rings. The number of rotatable bonds is 6. The fourth-order valence-corrected chi connectivity index (χ4v) is 4.46. The van der Waals surface area contributed by atoms with Crippen molar-refractivity contribution in [1.29, 1.82) is 0 Å². The Morgan fingerprint density at radius 3 is 2.25 bits per heavy atom. The van der Waals surface area contributed by atoms with Crippen molar-refractivity contribution in [2.24, 2.45) is 11.7 Å². The van der Waals surface area contributed by atoms with E-state index in [1.54, 1.807) is 0 Å². The molecule has 0 aromatic rings. The number of nitrogens with zero attached hydrogens (tertiary/aromatic N) is 1. The SMILES string of the molecule is CCC1CCCC(N(CCCN)C2CCCCCC2)C1. The van der Waals surface area contributed by atoms with Crippen molar-refractivity contribution < 1.29 is 0 Å². The summed E-state index contributed by atoms with van der Waals surface area (Å²) in [6, 6.07) is 1.73. The number of nitrogens with two attached hydrogens (primary N) is 1. The fourth-order valence-electron chi connectivity index (χ4n) is 4.46. The van der Waals surface area contributed by atoms with E-state index in [1.165, 1.54) is 83.6 Å². The highest BCUT2D eigenvalue weighted by Crippen LogP contribution is 2.33. The van der Waals surface area contributed by atoms with Crippen molar-refractivity contribution in [3.63, 3.8) is 0 Å². The Morgan fingerprint density at radius 1 is 0.900 bits per heavy atom. The molecule has 2 aliphatic carbocycles. The number of hydrogen-bond donors (Lipinski definition) is 1. The summed E-state index contributed by atoms with van der Waals surface area (Å²) in [5.41, 5.74) is 5.79. The van der Waals surface area contributed by atoms with E-state index in [0.717, 1.165) is 24.5 Å². The highest BCUT2D eigenvalue weighted by atomic mass is 15.2. The van der Waals surface area contributed by atoms with Crippen LogP contribution < -0.4 is 5.73 Å². The van der Waals surface area contributed by atoms with Crippen LogP contribution in [-0.4, -0.2) is 30.1 Å². The van der Waals surface area contributed by atoms with E-state index >= 15 is 0 Å². The summed E-state index contributed by atoms with van der Waals surface area (Å²) in [6.07, 6.45) is 17.1. The summed E-state index contributed by atoms with van der Waals surface area (Å²) < 4.78 is 0. The first kappa shape index (κ1) is 16.3. The topological polar surface area (TPSA) is 29.3 Å².